The monoisotopic (exact) mass is 230 g/mol. The highest BCUT2D eigenvalue weighted by Gasteiger charge is 2.04. The SMILES string of the molecule is C=C(CCCO)c1ccc(Cl)cc1Cl. The third kappa shape index (κ3) is 3.02. The molecule has 1 rings (SSSR count). The number of aliphatic hydroxyl groups is 1. The summed E-state index contributed by atoms with van der Waals surface area (Å²) >= 11 is 11.8. The topological polar surface area (TPSA) is 20.2 Å². The molecule has 14 heavy (non-hydrogen) atoms. The van der Waals surface area contributed by atoms with Gasteiger partial charge in [0, 0.05) is 16.7 Å². The van der Waals surface area contributed by atoms with Crippen molar-refractivity contribution in [2.75, 3.05) is 6.61 Å². The summed E-state index contributed by atoms with van der Waals surface area (Å²) in [5.74, 6) is 0. The lowest BCUT2D eigenvalue weighted by molar-refractivity contribution is 0.290. The van der Waals surface area contributed by atoms with E-state index >= 15 is 0 Å². The first kappa shape index (κ1) is 11.6. The van der Waals surface area contributed by atoms with Gasteiger partial charge in [-0.05, 0) is 36.1 Å². The van der Waals surface area contributed by atoms with E-state index in [2.05, 4.69) is 6.58 Å². The second-order valence-corrected chi connectivity index (χ2v) is 3.90. The molecule has 3 heteroatoms. The van der Waals surface area contributed by atoms with Crippen LogP contribution in [0.3, 0.4) is 0 Å². The Morgan fingerprint density at radius 1 is 1.36 bits per heavy atom. The average Bonchev–Trinajstić information content (AvgIpc) is 2.14. The van der Waals surface area contributed by atoms with Gasteiger partial charge >= 0.3 is 0 Å². The first-order valence-corrected chi connectivity index (χ1v) is 5.15. The lowest BCUT2D eigenvalue weighted by Crippen LogP contribution is -1.88. The molecule has 0 unspecified atom stereocenters. The Kier molecular flexibility index (Phi) is 4.46. The minimum atomic E-state index is 0.171. The minimum Gasteiger partial charge on any atom is -0.396 e. The predicted octanol–water partition coefficient (Wildman–Crippen LogP) is 3.78. The van der Waals surface area contributed by atoms with Crippen LogP contribution in [0.5, 0.6) is 0 Å². The zero-order valence-electron chi connectivity index (χ0n) is 7.76. The first-order valence-electron chi connectivity index (χ1n) is 4.39. The van der Waals surface area contributed by atoms with E-state index < -0.39 is 0 Å². The van der Waals surface area contributed by atoms with Crippen LogP contribution < -0.4 is 0 Å². The molecular formula is C11H12Cl2O. The van der Waals surface area contributed by atoms with Gasteiger partial charge < -0.3 is 5.11 Å². The van der Waals surface area contributed by atoms with Crippen molar-refractivity contribution >= 4 is 28.8 Å². The third-order valence-electron chi connectivity index (χ3n) is 1.95. The molecule has 0 bridgehead atoms. The molecule has 0 heterocycles. The van der Waals surface area contributed by atoms with Crippen LogP contribution in [0.4, 0.5) is 0 Å². The summed E-state index contributed by atoms with van der Waals surface area (Å²) in [7, 11) is 0. The number of halogens is 2. The lowest BCUT2D eigenvalue weighted by Gasteiger charge is -2.07. The summed E-state index contributed by atoms with van der Waals surface area (Å²) in [6, 6.07) is 5.33. The molecule has 1 N–H and O–H groups in total. The average molecular weight is 231 g/mol. The van der Waals surface area contributed by atoms with E-state index in [1.807, 2.05) is 6.07 Å². The molecule has 0 radical (unpaired) electrons. The zero-order valence-corrected chi connectivity index (χ0v) is 9.28. The van der Waals surface area contributed by atoms with Crippen LogP contribution in [0.25, 0.3) is 5.57 Å². The maximum Gasteiger partial charge on any atom is 0.0495 e. The minimum absolute atomic E-state index is 0.171. The Morgan fingerprint density at radius 2 is 2.07 bits per heavy atom. The first-order chi connectivity index (χ1) is 6.65. The highest BCUT2D eigenvalue weighted by Crippen LogP contribution is 2.28. The van der Waals surface area contributed by atoms with E-state index in [9.17, 15) is 0 Å². The van der Waals surface area contributed by atoms with Crippen LogP contribution in [0, 0.1) is 0 Å². The molecule has 0 aliphatic heterocycles. The molecule has 1 aromatic carbocycles. The van der Waals surface area contributed by atoms with Gasteiger partial charge in [0.1, 0.15) is 0 Å². The fraction of sp³-hybridized carbons (Fsp3) is 0.273. The Bertz CT molecular complexity index is 334. The maximum absolute atomic E-state index is 8.68. The van der Waals surface area contributed by atoms with Crippen LogP contribution in [0.2, 0.25) is 10.0 Å². The summed E-state index contributed by atoms with van der Waals surface area (Å²) in [6.45, 7) is 4.09. The van der Waals surface area contributed by atoms with Crippen molar-refractivity contribution < 1.29 is 5.11 Å². The van der Waals surface area contributed by atoms with Gasteiger partial charge in [0.2, 0.25) is 0 Å². The van der Waals surface area contributed by atoms with Gasteiger partial charge in [-0.1, -0.05) is 35.8 Å². The predicted molar refractivity (Wildman–Crippen MR) is 61.8 cm³/mol. The van der Waals surface area contributed by atoms with Crippen molar-refractivity contribution in [1.29, 1.82) is 0 Å². The van der Waals surface area contributed by atoms with Gasteiger partial charge in [-0.25, -0.2) is 0 Å². The van der Waals surface area contributed by atoms with Crippen LogP contribution in [0.1, 0.15) is 18.4 Å². The van der Waals surface area contributed by atoms with Gasteiger partial charge in [-0.3, -0.25) is 0 Å². The van der Waals surface area contributed by atoms with E-state index in [0.29, 0.717) is 16.5 Å². The standard InChI is InChI=1S/C11H12Cl2O/c1-8(3-2-6-14)10-5-4-9(12)7-11(10)13/h4-5,7,14H,1-3,6H2. The number of benzene rings is 1. The second kappa shape index (κ2) is 5.40. The van der Waals surface area contributed by atoms with E-state index in [0.717, 1.165) is 17.6 Å². The smallest absolute Gasteiger partial charge is 0.0495 e. The number of rotatable bonds is 4. The summed E-state index contributed by atoms with van der Waals surface area (Å²) in [4.78, 5) is 0. The molecule has 0 aromatic heterocycles. The summed E-state index contributed by atoms with van der Waals surface area (Å²) in [5, 5.41) is 9.91. The second-order valence-electron chi connectivity index (χ2n) is 3.05. The molecule has 1 nitrogen and oxygen atoms in total. The van der Waals surface area contributed by atoms with Crippen LogP contribution in [-0.4, -0.2) is 11.7 Å². The van der Waals surface area contributed by atoms with E-state index in [1.54, 1.807) is 12.1 Å². The zero-order chi connectivity index (χ0) is 10.6. The number of hydrogen-bond acceptors (Lipinski definition) is 1. The molecule has 0 saturated heterocycles. The molecule has 0 spiro atoms. The number of aliphatic hydroxyl groups excluding tert-OH is 1. The molecular weight excluding hydrogens is 219 g/mol. The van der Waals surface area contributed by atoms with E-state index in [4.69, 9.17) is 28.3 Å². The van der Waals surface area contributed by atoms with Gasteiger partial charge in [0.05, 0.1) is 0 Å². The fourth-order valence-corrected chi connectivity index (χ4v) is 1.75. The van der Waals surface area contributed by atoms with Crippen LogP contribution in [-0.2, 0) is 0 Å². The summed E-state index contributed by atoms with van der Waals surface area (Å²) in [5.41, 5.74) is 1.84. The summed E-state index contributed by atoms with van der Waals surface area (Å²) < 4.78 is 0. The van der Waals surface area contributed by atoms with E-state index in [1.165, 1.54) is 0 Å². The Balaban J connectivity index is 2.80. The third-order valence-corrected chi connectivity index (χ3v) is 2.50. The van der Waals surface area contributed by atoms with E-state index in [-0.39, 0.29) is 6.61 Å². The Labute approximate surface area is 94.0 Å². The highest BCUT2D eigenvalue weighted by atomic mass is 35.5. The molecule has 0 fully saturated rings. The van der Waals surface area contributed by atoms with Gasteiger partial charge in [-0.2, -0.15) is 0 Å². The Hall–Kier alpha value is -0.500. The van der Waals surface area contributed by atoms with Gasteiger partial charge in [0.15, 0.2) is 0 Å². The summed E-state index contributed by atoms with van der Waals surface area (Å²) in [6.07, 6.45) is 1.45. The molecule has 0 aliphatic carbocycles. The van der Waals surface area contributed by atoms with Crippen molar-refractivity contribution in [3.8, 4) is 0 Å². The van der Waals surface area contributed by atoms with Gasteiger partial charge in [-0.15, -0.1) is 0 Å². The lowest BCUT2D eigenvalue weighted by atomic mass is 10.0. The normalized spacial score (nSPS) is 10.2. The van der Waals surface area contributed by atoms with Crippen molar-refractivity contribution in [3.05, 3.63) is 40.4 Å². The molecule has 0 saturated carbocycles. The largest absolute Gasteiger partial charge is 0.396 e. The number of hydrogen-bond donors (Lipinski definition) is 1. The van der Waals surface area contributed by atoms with Crippen LogP contribution in [0.15, 0.2) is 24.8 Å². The van der Waals surface area contributed by atoms with Crippen molar-refractivity contribution in [2.45, 2.75) is 12.8 Å². The molecule has 76 valence electrons. The molecule has 0 atom stereocenters. The fourth-order valence-electron chi connectivity index (χ4n) is 1.20. The van der Waals surface area contributed by atoms with Crippen molar-refractivity contribution in [2.24, 2.45) is 0 Å². The van der Waals surface area contributed by atoms with Crippen molar-refractivity contribution in [3.63, 3.8) is 0 Å². The van der Waals surface area contributed by atoms with Crippen molar-refractivity contribution in [1.82, 2.24) is 0 Å². The molecule has 0 amide bonds. The molecule has 1 aromatic rings. The highest BCUT2D eigenvalue weighted by molar-refractivity contribution is 6.35. The number of allylic oxidation sites excluding steroid dienone is 1. The van der Waals surface area contributed by atoms with Gasteiger partial charge in [0.25, 0.3) is 0 Å². The Morgan fingerprint density at radius 3 is 2.64 bits per heavy atom. The maximum atomic E-state index is 8.68. The van der Waals surface area contributed by atoms with Crippen LogP contribution >= 0.6 is 23.2 Å². The quantitative estimate of drug-likeness (QED) is 0.835. The molecule has 0 aliphatic rings.